The van der Waals surface area contributed by atoms with Crippen LogP contribution in [0.4, 0.5) is 0 Å². The summed E-state index contributed by atoms with van der Waals surface area (Å²) in [5.74, 6) is 0.0710. The van der Waals surface area contributed by atoms with Crippen LogP contribution in [0.25, 0.3) is 5.57 Å². The van der Waals surface area contributed by atoms with Gasteiger partial charge in [-0.05, 0) is 43.0 Å². The van der Waals surface area contributed by atoms with Crippen LogP contribution in [-0.4, -0.2) is 11.4 Å². The lowest BCUT2D eigenvalue weighted by molar-refractivity contribution is -0.116. The predicted molar refractivity (Wildman–Crippen MR) is 78.0 cm³/mol. The summed E-state index contributed by atoms with van der Waals surface area (Å²) in [6, 6.07) is 7.55. The van der Waals surface area contributed by atoms with E-state index in [1.807, 2.05) is 24.3 Å². The zero-order valence-corrected chi connectivity index (χ0v) is 11.9. The van der Waals surface area contributed by atoms with E-state index in [1.54, 1.807) is 0 Å². The fraction of sp³-hybridized carbons (Fsp3) is 0.438. The van der Waals surface area contributed by atoms with Gasteiger partial charge >= 0.3 is 0 Å². The molecule has 1 saturated carbocycles. The largest absolute Gasteiger partial charge is 0.343 e. The van der Waals surface area contributed by atoms with Crippen molar-refractivity contribution in [1.82, 2.24) is 5.32 Å². The minimum atomic E-state index is -0.0791. The maximum atomic E-state index is 12.3. The molecule has 2 nitrogen and oxygen atoms in total. The Balaban J connectivity index is 2.03. The number of benzene rings is 1. The molecule has 2 aliphatic rings. The fourth-order valence-electron chi connectivity index (χ4n) is 3.40. The van der Waals surface area contributed by atoms with Crippen LogP contribution in [0.3, 0.4) is 0 Å². The van der Waals surface area contributed by atoms with E-state index in [1.165, 1.54) is 24.8 Å². The first-order valence-electron chi connectivity index (χ1n) is 6.92. The second-order valence-corrected chi connectivity index (χ2v) is 6.04. The number of hydrogen-bond acceptors (Lipinski definition) is 1. The van der Waals surface area contributed by atoms with Crippen LogP contribution in [-0.2, 0) is 4.79 Å². The van der Waals surface area contributed by atoms with E-state index < -0.39 is 0 Å². The van der Waals surface area contributed by atoms with Crippen LogP contribution in [0.1, 0.15) is 44.6 Å². The van der Waals surface area contributed by atoms with Crippen molar-refractivity contribution < 1.29 is 4.79 Å². The van der Waals surface area contributed by atoms with E-state index in [2.05, 4.69) is 12.2 Å². The Morgan fingerprint density at radius 1 is 1.11 bits per heavy atom. The summed E-state index contributed by atoms with van der Waals surface area (Å²) in [6.07, 6.45) is 5.82. The van der Waals surface area contributed by atoms with E-state index in [4.69, 9.17) is 11.6 Å². The van der Waals surface area contributed by atoms with E-state index >= 15 is 0 Å². The van der Waals surface area contributed by atoms with Crippen molar-refractivity contribution >= 4 is 23.1 Å². The molecule has 1 aromatic rings. The van der Waals surface area contributed by atoms with Gasteiger partial charge in [0.2, 0.25) is 0 Å². The third kappa shape index (κ3) is 2.08. The van der Waals surface area contributed by atoms with E-state index in [0.717, 1.165) is 24.0 Å². The van der Waals surface area contributed by atoms with Gasteiger partial charge in [0.1, 0.15) is 0 Å². The molecule has 0 radical (unpaired) electrons. The molecule has 3 rings (SSSR count). The molecule has 0 bridgehead atoms. The van der Waals surface area contributed by atoms with Crippen LogP contribution in [0.15, 0.2) is 29.8 Å². The summed E-state index contributed by atoms with van der Waals surface area (Å²) >= 11 is 5.92. The van der Waals surface area contributed by atoms with Gasteiger partial charge < -0.3 is 5.32 Å². The first-order valence-corrected chi connectivity index (χ1v) is 7.30. The average Bonchev–Trinajstić information content (AvgIpc) is 2.64. The second-order valence-electron chi connectivity index (χ2n) is 5.60. The number of carbonyl (C=O) groups is 1. The molecule has 0 saturated heterocycles. The average molecular weight is 276 g/mol. The van der Waals surface area contributed by atoms with Gasteiger partial charge in [-0.25, -0.2) is 0 Å². The minimum absolute atomic E-state index is 0.0710. The highest BCUT2D eigenvalue weighted by Gasteiger charge is 2.43. The number of nitrogens with one attached hydrogen (secondary N) is 1. The van der Waals surface area contributed by atoms with Crippen LogP contribution in [0.2, 0.25) is 5.02 Å². The molecule has 100 valence electrons. The Bertz CT molecular complexity index is 538. The normalized spacial score (nSPS) is 21.9. The molecule has 1 heterocycles. The molecule has 1 N–H and O–H groups in total. The molecular formula is C16H18ClNO. The Kier molecular flexibility index (Phi) is 3.14. The van der Waals surface area contributed by atoms with Crippen LogP contribution in [0, 0.1) is 0 Å². The summed E-state index contributed by atoms with van der Waals surface area (Å²) in [7, 11) is 0. The Morgan fingerprint density at radius 2 is 1.74 bits per heavy atom. The van der Waals surface area contributed by atoms with Crippen molar-refractivity contribution in [3.05, 3.63) is 40.4 Å². The standard InChI is InChI=1S/C16H18ClNO/c1-11-14(12-5-7-13(17)8-6-12)15(19)18-16(11)9-3-2-4-10-16/h5-8H,2-4,9-10H2,1H3,(H,18,19). The van der Waals surface area contributed by atoms with Crippen LogP contribution < -0.4 is 5.32 Å². The number of amides is 1. The molecule has 1 aromatic carbocycles. The molecule has 0 atom stereocenters. The van der Waals surface area contributed by atoms with Crippen molar-refractivity contribution in [2.75, 3.05) is 0 Å². The second kappa shape index (κ2) is 4.68. The van der Waals surface area contributed by atoms with Crippen molar-refractivity contribution in [1.29, 1.82) is 0 Å². The molecule has 19 heavy (non-hydrogen) atoms. The summed E-state index contributed by atoms with van der Waals surface area (Å²) in [6.45, 7) is 2.10. The molecule has 1 aliphatic carbocycles. The van der Waals surface area contributed by atoms with Crippen molar-refractivity contribution in [3.8, 4) is 0 Å². The number of rotatable bonds is 1. The predicted octanol–water partition coefficient (Wildman–Crippen LogP) is 3.95. The van der Waals surface area contributed by atoms with Gasteiger partial charge in [-0.2, -0.15) is 0 Å². The van der Waals surface area contributed by atoms with Crippen LogP contribution in [0.5, 0.6) is 0 Å². The van der Waals surface area contributed by atoms with E-state index in [9.17, 15) is 4.79 Å². The minimum Gasteiger partial charge on any atom is -0.343 e. The van der Waals surface area contributed by atoms with Gasteiger partial charge in [0.15, 0.2) is 0 Å². The molecule has 0 aromatic heterocycles. The number of hydrogen-bond donors (Lipinski definition) is 1. The van der Waals surface area contributed by atoms with Gasteiger partial charge in [-0.1, -0.05) is 43.0 Å². The van der Waals surface area contributed by atoms with Crippen LogP contribution >= 0.6 is 11.6 Å². The van der Waals surface area contributed by atoms with Gasteiger partial charge in [0, 0.05) is 10.6 Å². The van der Waals surface area contributed by atoms with Gasteiger partial charge in [0.05, 0.1) is 5.54 Å². The quantitative estimate of drug-likeness (QED) is 0.826. The van der Waals surface area contributed by atoms with E-state index in [0.29, 0.717) is 5.02 Å². The Morgan fingerprint density at radius 3 is 2.37 bits per heavy atom. The highest BCUT2D eigenvalue weighted by atomic mass is 35.5. The molecule has 1 spiro atoms. The first-order chi connectivity index (χ1) is 9.12. The smallest absolute Gasteiger partial charge is 0.252 e. The van der Waals surface area contributed by atoms with Gasteiger partial charge in [-0.3, -0.25) is 4.79 Å². The van der Waals surface area contributed by atoms with Gasteiger partial charge in [0.25, 0.3) is 5.91 Å². The molecule has 1 fully saturated rings. The maximum Gasteiger partial charge on any atom is 0.252 e. The molecular weight excluding hydrogens is 258 g/mol. The highest BCUT2D eigenvalue weighted by molar-refractivity contribution is 6.30. The van der Waals surface area contributed by atoms with E-state index in [-0.39, 0.29) is 11.4 Å². The van der Waals surface area contributed by atoms with Crippen molar-refractivity contribution in [2.45, 2.75) is 44.6 Å². The number of halogens is 1. The van der Waals surface area contributed by atoms with Gasteiger partial charge in [-0.15, -0.1) is 0 Å². The zero-order chi connectivity index (χ0) is 13.5. The lowest BCUT2D eigenvalue weighted by Crippen LogP contribution is -2.45. The summed E-state index contributed by atoms with van der Waals surface area (Å²) < 4.78 is 0. The van der Waals surface area contributed by atoms with Crippen molar-refractivity contribution in [3.63, 3.8) is 0 Å². The van der Waals surface area contributed by atoms with Crippen molar-refractivity contribution in [2.24, 2.45) is 0 Å². The molecule has 3 heteroatoms. The zero-order valence-electron chi connectivity index (χ0n) is 11.1. The third-order valence-electron chi connectivity index (χ3n) is 4.51. The monoisotopic (exact) mass is 275 g/mol. The summed E-state index contributed by atoms with van der Waals surface area (Å²) in [5.41, 5.74) is 2.95. The first kappa shape index (κ1) is 12.7. The highest BCUT2D eigenvalue weighted by Crippen LogP contribution is 2.42. The topological polar surface area (TPSA) is 29.1 Å². The summed E-state index contributed by atoms with van der Waals surface area (Å²) in [5, 5.41) is 3.94. The third-order valence-corrected chi connectivity index (χ3v) is 4.76. The Labute approximate surface area is 118 Å². The molecule has 1 amide bonds. The molecule has 0 unspecified atom stereocenters. The SMILES string of the molecule is CC1=C(c2ccc(Cl)cc2)C(=O)NC12CCCCC2. The lowest BCUT2D eigenvalue weighted by Gasteiger charge is -2.35. The number of carbonyl (C=O) groups excluding carboxylic acids is 1. The maximum absolute atomic E-state index is 12.3. The molecule has 1 aliphatic heterocycles. The summed E-state index contributed by atoms with van der Waals surface area (Å²) in [4.78, 5) is 12.3. The lowest BCUT2D eigenvalue weighted by atomic mass is 9.77. The fourth-order valence-corrected chi connectivity index (χ4v) is 3.53. The Hall–Kier alpha value is -1.28.